The van der Waals surface area contributed by atoms with Gasteiger partial charge in [-0.1, -0.05) is 46.3 Å². The first kappa shape index (κ1) is 44.3. The molecule has 19 atom stereocenters. The molecule has 15 nitrogen and oxygen atoms in total. The van der Waals surface area contributed by atoms with Gasteiger partial charge in [0.2, 0.25) is 0 Å². The molecule has 2 heterocycles. The molecular weight excluding hydrogens is 756 g/mol. The number of carbonyl (C=O) groups is 2. The first-order valence-electron chi connectivity index (χ1n) is 21.4. The zero-order valence-corrected chi connectivity index (χ0v) is 35.1. The van der Waals surface area contributed by atoms with Crippen molar-refractivity contribution in [1.82, 2.24) is 0 Å². The molecule has 0 aromatic heterocycles. The molecule has 5 aliphatic carbocycles. The molecule has 0 spiro atoms. The van der Waals surface area contributed by atoms with E-state index in [9.17, 15) is 50.4 Å². The average Bonchev–Trinajstić information content (AvgIpc) is 3.18. The number of allylic oxidation sites excluding steroid dienone is 2. The van der Waals surface area contributed by atoms with Gasteiger partial charge in [-0.15, -0.1) is 0 Å². The summed E-state index contributed by atoms with van der Waals surface area (Å²) in [5, 5.41) is 84.3. The summed E-state index contributed by atoms with van der Waals surface area (Å²) in [6.07, 6.45) is -6.44. The summed E-state index contributed by atoms with van der Waals surface area (Å²) in [7, 11) is 1.41. The van der Waals surface area contributed by atoms with E-state index in [-0.39, 0.29) is 40.0 Å². The Morgan fingerprint density at radius 3 is 2.00 bits per heavy atom. The van der Waals surface area contributed by atoms with Gasteiger partial charge in [0.25, 0.3) is 0 Å². The molecule has 8 N–H and O–H groups in total. The second-order valence-corrected chi connectivity index (χ2v) is 20.6. The fraction of sp³-hybridized carbons (Fsp3) is 0.907. The Labute approximate surface area is 341 Å². The standard InChI is InChI=1S/C43H68O15/c1-38(2)25-10-13-42(6)26(9-8-21-22-18-39(3,37(53)54-7)14-16-43(22,36(51)52)17-15-41(21,42)5)40(25,4)12-11-27(38)57-34-32(50)30(48)33(24(20-45)56-34)58-35-31(49)29(47)28(46)23(19-44)55-35/h8,22-35,44-50H,9-20H2,1-7H3,(H,51,52)/t22-,23+,24+,25-,26+,27-,28-,29-,30+,31+,32+,33-,34-,35-,39+,40-,41+,42+,43-/m0/s1. The van der Waals surface area contributed by atoms with Gasteiger partial charge in [-0.2, -0.15) is 0 Å². The van der Waals surface area contributed by atoms with Crippen molar-refractivity contribution in [3.05, 3.63) is 11.6 Å². The number of methoxy groups -OCH3 is 1. The zero-order chi connectivity index (χ0) is 42.5. The minimum Gasteiger partial charge on any atom is -0.481 e. The lowest BCUT2D eigenvalue weighted by Crippen LogP contribution is -2.67. The van der Waals surface area contributed by atoms with Crippen LogP contribution in [0.3, 0.4) is 0 Å². The molecule has 4 saturated carbocycles. The highest BCUT2D eigenvalue weighted by Crippen LogP contribution is 2.76. The van der Waals surface area contributed by atoms with Gasteiger partial charge in [-0.3, -0.25) is 9.59 Å². The number of hydrogen-bond acceptors (Lipinski definition) is 14. The molecule has 2 aliphatic heterocycles. The monoisotopic (exact) mass is 824 g/mol. The van der Waals surface area contributed by atoms with E-state index in [1.807, 2.05) is 6.92 Å². The maximum Gasteiger partial charge on any atom is 0.311 e. The third kappa shape index (κ3) is 6.38. The Balaban J connectivity index is 1.10. The van der Waals surface area contributed by atoms with Crippen LogP contribution in [0.15, 0.2) is 11.6 Å². The van der Waals surface area contributed by atoms with E-state index < -0.39 is 103 Å². The van der Waals surface area contributed by atoms with Crippen molar-refractivity contribution in [2.45, 2.75) is 173 Å². The van der Waals surface area contributed by atoms with E-state index in [0.717, 1.165) is 32.1 Å². The summed E-state index contributed by atoms with van der Waals surface area (Å²) in [6.45, 7) is 12.1. The summed E-state index contributed by atoms with van der Waals surface area (Å²) < 4.78 is 29.1. The molecule has 0 amide bonds. The van der Waals surface area contributed by atoms with Crippen LogP contribution in [0.2, 0.25) is 0 Å². The van der Waals surface area contributed by atoms with Crippen molar-refractivity contribution in [3.8, 4) is 0 Å². The largest absolute Gasteiger partial charge is 0.481 e. The van der Waals surface area contributed by atoms with Crippen LogP contribution in [-0.2, 0) is 33.3 Å². The third-order valence-electron chi connectivity index (χ3n) is 17.7. The van der Waals surface area contributed by atoms with Crippen LogP contribution in [0.25, 0.3) is 0 Å². The number of carbonyl (C=O) groups excluding carboxylic acids is 1. The molecular formula is C43H68O15. The molecule has 0 radical (unpaired) electrons. The number of carboxylic acid groups (broad SMARTS) is 1. The van der Waals surface area contributed by atoms with Gasteiger partial charge in [0, 0.05) is 0 Å². The van der Waals surface area contributed by atoms with Crippen LogP contribution >= 0.6 is 0 Å². The van der Waals surface area contributed by atoms with Gasteiger partial charge in [0.15, 0.2) is 12.6 Å². The smallest absolute Gasteiger partial charge is 0.311 e. The summed E-state index contributed by atoms with van der Waals surface area (Å²) in [4.78, 5) is 26.3. The van der Waals surface area contributed by atoms with Crippen molar-refractivity contribution in [1.29, 1.82) is 0 Å². The van der Waals surface area contributed by atoms with Gasteiger partial charge in [0.05, 0.1) is 37.3 Å². The second-order valence-electron chi connectivity index (χ2n) is 20.6. The van der Waals surface area contributed by atoms with Crippen LogP contribution in [0.5, 0.6) is 0 Å². The first-order chi connectivity index (χ1) is 27.1. The van der Waals surface area contributed by atoms with Crippen LogP contribution < -0.4 is 0 Å². The predicted octanol–water partition coefficient (Wildman–Crippen LogP) is 2.04. The highest BCUT2D eigenvalue weighted by molar-refractivity contribution is 5.80. The lowest BCUT2D eigenvalue weighted by Gasteiger charge is -2.71. The van der Waals surface area contributed by atoms with E-state index in [0.29, 0.717) is 32.1 Å². The van der Waals surface area contributed by atoms with Gasteiger partial charge in [-0.05, 0) is 111 Å². The van der Waals surface area contributed by atoms with Gasteiger partial charge < -0.3 is 64.5 Å². The fourth-order valence-corrected chi connectivity index (χ4v) is 13.9. The van der Waals surface area contributed by atoms with Crippen molar-refractivity contribution in [2.75, 3.05) is 20.3 Å². The molecule has 2 saturated heterocycles. The lowest BCUT2D eigenvalue weighted by atomic mass is 9.33. The molecule has 7 aliphatic rings. The summed E-state index contributed by atoms with van der Waals surface area (Å²) in [6, 6.07) is 0. The quantitative estimate of drug-likeness (QED) is 0.0993. The molecule has 0 bridgehead atoms. The van der Waals surface area contributed by atoms with Gasteiger partial charge in [-0.25, -0.2) is 0 Å². The van der Waals surface area contributed by atoms with Crippen LogP contribution in [0, 0.1) is 50.2 Å². The number of aliphatic carboxylic acids is 1. The Morgan fingerprint density at radius 1 is 0.741 bits per heavy atom. The van der Waals surface area contributed by atoms with Crippen molar-refractivity contribution < 1.29 is 74.1 Å². The number of aliphatic hydroxyl groups excluding tert-OH is 7. The average molecular weight is 825 g/mol. The molecule has 0 aromatic rings. The van der Waals surface area contributed by atoms with Gasteiger partial charge >= 0.3 is 11.9 Å². The Bertz CT molecular complexity index is 1600. The van der Waals surface area contributed by atoms with Crippen molar-refractivity contribution >= 4 is 11.9 Å². The summed E-state index contributed by atoms with van der Waals surface area (Å²) in [5.41, 5.74) is -1.36. The van der Waals surface area contributed by atoms with Crippen LogP contribution in [0.1, 0.15) is 106 Å². The molecule has 6 fully saturated rings. The lowest BCUT2D eigenvalue weighted by molar-refractivity contribution is -0.368. The van der Waals surface area contributed by atoms with E-state index in [1.165, 1.54) is 12.7 Å². The SMILES string of the molecule is COC(=O)[C@]1(C)CC[C@]2(C(=O)O)CC[C@]3(C)C(=CC[C@@H]4[C@@]5(C)CC[C@H](O[C@@H]6O[C@H](CO)[C@H](O[C@@H]7O[C@H](CO)[C@H](O)[C@H](O)[C@H]7O)[C@H](O)[C@H]6O)C(C)(C)[C@@H]5CC[C@]43C)[C@@H]2C1. The van der Waals surface area contributed by atoms with E-state index >= 15 is 0 Å². The van der Waals surface area contributed by atoms with Crippen molar-refractivity contribution in [2.24, 2.45) is 50.2 Å². The number of esters is 1. The number of ether oxygens (including phenoxy) is 5. The third-order valence-corrected chi connectivity index (χ3v) is 17.7. The topological polar surface area (TPSA) is 242 Å². The number of aliphatic hydroxyl groups is 7. The van der Waals surface area contributed by atoms with Crippen LogP contribution in [-0.4, -0.2) is 141 Å². The van der Waals surface area contributed by atoms with Crippen molar-refractivity contribution in [3.63, 3.8) is 0 Å². The Hall–Kier alpha value is -1.76. The Morgan fingerprint density at radius 2 is 1.36 bits per heavy atom. The number of carboxylic acids is 1. The Kier molecular flexibility index (Phi) is 11.6. The second kappa shape index (κ2) is 15.2. The minimum absolute atomic E-state index is 0.112. The fourth-order valence-electron chi connectivity index (χ4n) is 13.9. The van der Waals surface area contributed by atoms with Gasteiger partial charge in [0.1, 0.15) is 48.8 Å². The van der Waals surface area contributed by atoms with Crippen LogP contribution in [0.4, 0.5) is 0 Å². The maximum absolute atomic E-state index is 13.2. The normalized spacial score (nSPS) is 52.6. The van der Waals surface area contributed by atoms with E-state index in [4.69, 9.17) is 23.7 Å². The molecule has 0 aromatic carbocycles. The summed E-state index contributed by atoms with van der Waals surface area (Å²) >= 11 is 0. The number of fused-ring (bicyclic) bond motifs is 7. The highest BCUT2D eigenvalue weighted by Gasteiger charge is 2.70. The molecule has 7 rings (SSSR count). The number of hydrogen-bond donors (Lipinski definition) is 8. The predicted molar refractivity (Wildman–Crippen MR) is 204 cm³/mol. The maximum atomic E-state index is 13.2. The first-order valence-corrected chi connectivity index (χ1v) is 21.4. The minimum atomic E-state index is -1.76. The number of rotatable bonds is 8. The van der Waals surface area contributed by atoms with E-state index in [1.54, 1.807) is 0 Å². The molecule has 15 heteroatoms. The van der Waals surface area contributed by atoms with E-state index in [2.05, 4.69) is 40.7 Å². The zero-order valence-electron chi connectivity index (χ0n) is 35.1. The molecule has 58 heavy (non-hydrogen) atoms. The molecule has 0 unspecified atom stereocenters. The summed E-state index contributed by atoms with van der Waals surface area (Å²) in [5.74, 6) is -0.805. The highest BCUT2D eigenvalue weighted by atomic mass is 16.7. The molecule has 330 valence electrons.